The molecule has 0 aliphatic rings. The van der Waals surface area contributed by atoms with Crippen LogP contribution >= 0.6 is 0 Å². The Hall–Kier alpha value is -2.55. The Kier molecular flexibility index (Phi) is 4.60. The largest absolute Gasteiger partial charge is 0.496 e. The van der Waals surface area contributed by atoms with Crippen molar-refractivity contribution in [1.29, 1.82) is 0 Å². The second kappa shape index (κ2) is 6.29. The monoisotopic (exact) mass is 339 g/mol. The lowest BCUT2D eigenvalue weighted by molar-refractivity contribution is -0.136. The summed E-state index contributed by atoms with van der Waals surface area (Å²) in [4.78, 5) is 10.9. The molecule has 0 spiro atoms. The second-order valence-corrected chi connectivity index (χ2v) is 6.83. The van der Waals surface area contributed by atoms with E-state index in [1.807, 2.05) is 0 Å². The van der Waals surface area contributed by atoms with Crippen LogP contribution in [0.1, 0.15) is 5.56 Å². The number of methoxy groups -OCH3 is 1. The summed E-state index contributed by atoms with van der Waals surface area (Å²) in [5.41, 5.74) is 0.287. The Balaban J connectivity index is 2.45. The van der Waals surface area contributed by atoms with Gasteiger partial charge in [0.25, 0.3) is 10.0 Å². The van der Waals surface area contributed by atoms with Gasteiger partial charge in [-0.15, -0.1) is 0 Å². The van der Waals surface area contributed by atoms with Gasteiger partial charge in [0.05, 0.1) is 18.4 Å². The highest BCUT2D eigenvalue weighted by molar-refractivity contribution is 7.92. The van der Waals surface area contributed by atoms with Crippen molar-refractivity contribution in [2.24, 2.45) is 7.05 Å². The molecule has 0 saturated carbocycles. The molecule has 0 bridgehead atoms. The highest BCUT2D eigenvalue weighted by Gasteiger charge is 2.24. The number of aliphatic carboxylic acids is 1. The molecule has 23 heavy (non-hydrogen) atoms. The van der Waals surface area contributed by atoms with Crippen LogP contribution in [0.5, 0.6) is 5.75 Å². The van der Waals surface area contributed by atoms with Crippen LogP contribution in [-0.4, -0.2) is 43.4 Å². The number of benzene rings is 1. The van der Waals surface area contributed by atoms with E-state index in [9.17, 15) is 13.2 Å². The molecular weight excluding hydrogens is 322 g/mol. The van der Waals surface area contributed by atoms with Gasteiger partial charge in [-0.25, -0.2) is 8.42 Å². The summed E-state index contributed by atoms with van der Waals surface area (Å²) in [6, 6.07) is 5.69. The molecule has 0 aliphatic heterocycles. The van der Waals surface area contributed by atoms with Crippen LogP contribution in [0.25, 0.3) is 0 Å². The summed E-state index contributed by atoms with van der Waals surface area (Å²) in [7, 11) is 0.615. The van der Waals surface area contributed by atoms with Gasteiger partial charge in [-0.05, 0) is 18.2 Å². The maximum absolute atomic E-state index is 12.7. The summed E-state index contributed by atoms with van der Waals surface area (Å²) in [6.07, 6.45) is 1.30. The SMILES string of the molecule is COc1ccc(S(=O)(=O)N(C)c2ccn(C)n2)cc1CC(=O)O. The number of rotatable bonds is 6. The van der Waals surface area contributed by atoms with Gasteiger partial charge in [-0.3, -0.25) is 13.8 Å². The van der Waals surface area contributed by atoms with Crippen LogP contribution in [0.4, 0.5) is 5.82 Å². The number of carbonyl (C=O) groups is 1. The Morgan fingerprint density at radius 2 is 2.09 bits per heavy atom. The minimum Gasteiger partial charge on any atom is -0.496 e. The van der Waals surface area contributed by atoms with Gasteiger partial charge < -0.3 is 9.84 Å². The lowest BCUT2D eigenvalue weighted by Gasteiger charge is -2.18. The van der Waals surface area contributed by atoms with E-state index in [1.54, 1.807) is 19.3 Å². The number of aromatic nitrogens is 2. The molecule has 1 aromatic carbocycles. The average Bonchev–Trinajstić information content (AvgIpc) is 2.92. The molecule has 0 fully saturated rings. The van der Waals surface area contributed by atoms with E-state index < -0.39 is 16.0 Å². The standard InChI is InChI=1S/C14H17N3O5S/c1-16-7-6-13(15-16)17(2)23(20,21)11-4-5-12(22-3)10(8-11)9-14(18)19/h4-8H,9H2,1-3H3,(H,18,19). The van der Waals surface area contributed by atoms with Crippen LogP contribution in [-0.2, 0) is 28.3 Å². The molecule has 0 saturated heterocycles. The van der Waals surface area contributed by atoms with Crippen molar-refractivity contribution in [3.63, 3.8) is 0 Å². The van der Waals surface area contributed by atoms with Crippen LogP contribution in [0.3, 0.4) is 0 Å². The lowest BCUT2D eigenvalue weighted by atomic mass is 10.1. The van der Waals surface area contributed by atoms with E-state index in [0.29, 0.717) is 5.75 Å². The number of sulfonamides is 1. The molecule has 1 heterocycles. The summed E-state index contributed by atoms with van der Waals surface area (Å²) in [6.45, 7) is 0. The molecule has 124 valence electrons. The fraction of sp³-hybridized carbons (Fsp3) is 0.286. The van der Waals surface area contributed by atoms with Crippen molar-refractivity contribution in [3.05, 3.63) is 36.0 Å². The van der Waals surface area contributed by atoms with Gasteiger partial charge >= 0.3 is 5.97 Å². The molecule has 2 aromatic rings. The van der Waals surface area contributed by atoms with E-state index in [1.165, 1.54) is 37.0 Å². The molecule has 0 unspecified atom stereocenters. The lowest BCUT2D eigenvalue weighted by Crippen LogP contribution is -2.27. The number of hydrogen-bond acceptors (Lipinski definition) is 5. The number of anilines is 1. The molecule has 8 nitrogen and oxygen atoms in total. The van der Waals surface area contributed by atoms with Crippen molar-refractivity contribution in [1.82, 2.24) is 9.78 Å². The highest BCUT2D eigenvalue weighted by atomic mass is 32.2. The zero-order valence-corrected chi connectivity index (χ0v) is 13.7. The van der Waals surface area contributed by atoms with Crippen LogP contribution in [0, 0.1) is 0 Å². The molecule has 0 aliphatic carbocycles. The molecule has 2 rings (SSSR count). The van der Waals surface area contributed by atoms with Crippen LogP contribution in [0.15, 0.2) is 35.4 Å². The minimum atomic E-state index is -3.85. The van der Waals surface area contributed by atoms with Crippen molar-refractivity contribution in [2.45, 2.75) is 11.3 Å². The van der Waals surface area contributed by atoms with E-state index >= 15 is 0 Å². The van der Waals surface area contributed by atoms with Gasteiger partial charge in [0.2, 0.25) is 0 Å². The summed E-state index contributed by atoms with van der Waals surface area (Å²) in [5, 5.41) is 13.0. The maximum Gasteiger partial charge on any atom is 0.307 e. The van der Waals surface area contributed by atoms with Gasteiger partial charge in [0.15, 0.2) is 5.82 Å². The minimum absolute atomic E-state index is 0.0253. The first-order valence-corrected chi connectivity index (χ1v) is 8.07. The van der Waals surface area contributed by atoms with Gasteiger partial charge in [0.1, 0.15) is 5.75 Å². The van der Waals surface area contributed by atoms with E-state index in [0.717, 1.165) is 4.31 Å². The molecule has 1 N–H and O–H groups in total. The number of ether oxygens (including phenoxy) is 1. The zero-order valence-electron chi connectivity index (χ0n) is 12.9. The smallest absolute Gasteiger partial charge is 0.307 e. The Labute approximate surface area is 134 Å². The molecule has 0 radical (unpaired) electrons. The first kappa shape index (κ1) is 16.8. The van der Waals surface area contributed by atoms with Crippen molar-refractivity contribution < 1.29 is 23.1 Å². The molecule has 0 amide bonds. The second-order valence-electron chi connectivity index (χ2n) is 4.86. The quantitative estimate of drug-likeness (QED) is 0.838. The third-order valence-corrected chi connectivity index (χ3v) is 5.03. The zero-order chi connectivity index (χ0) is 17.2. The predicted molar refractivity (Wildman–Crippen MR) is 83.1 cm³/mol. The van der Waals surface area contributed by atoms with Gasteiger partial charge in [-0.1, -0.05) is 0 Å². The molecule has 9 heteroatoms. The number of carboxylic acid groups (broad SMARTS) is 1. The van der Waals surface area contributed by atoms with Crippen molar-refractivity contribution in [3.8, 4) is 5.75 Å². The number of aryl methyl sites for hydroxylation is 1. The molecular formula is C14H17N3O5S. The van der Waals surface area contributed by atoms with Gasteiger partial charge in [-0.2, -0.15) is 5.10 Å². The topological polar surface area (TPSA) is 102 Å². The predicted octanol–water partition coefficient (Wildman–Crippen LogP) is 0.881. The Morgan fingerprint density at radius 3 is 2.61 bits per heavy atom. The van der Waals surface area contributed by atoms with E-state index in [2.05, 4.69) is 5.10 Å². The third-order valence-electron chi connectivity index (χ3n) is 3.27. The fourth-order valence-electron chi connectivity index (χ4n) is 2.07. The summed E-state index contributed by atoms with van der Waals surface area (Å²) < 4.78 is 32.9. The third kappa shape index (κ3) is 3.45. The molecule has 0 atom stereocenters. The van der Waals surface area contributed by atoms with Crippen LogP contribution in [0.2, 0.25) is 0 Å². The van der Waals surface area contributed by atoms with Gasteiger partial charge in [0, 0.05) is 31.9 Å². The Morgan fingerprint density at radius 1 is 1.39 bits per heavy atom. The van der Waals surface area contributed by atoms with Crippen LogP contribution < -0.4 is 9.04 Å². The maximum atomic E-state index is 12.7. The summed E-state index contributed by atoms with van der Waals surface area (Å²) >= 11 is 0. The van der Waals surface area contributed by atoms with Crippen molar-refractivity contribution >= 4 is 21.8 Å². The number of carboxylic acids is 1. The Bertz CT molecular complexity index is 829. The fourth-order valence-corrected chi connectivity index (χ4v) is 3.26. The summed E-state index contributed by atoms with van der Waals surface area (Å²) in [5.74, 6) is -0.481. The normalized spacial score (nSPS) is 11.3. The number of hydrogen-bond donors (Lipinski definition) is 1. The first-order chi connectivity index (χ1) is 10.8. The first-order valence-electron chi connectivity index (χ1n) is 6.63. The highest BCUT2D eigenvalue weighted by Crippen LogP contribution is 2.26. The average molecular weight is 339 g/mol. The number of nitrogens with zero attached hydrogens (tertiary/aromatic N) is 3. The van der Waals surface area contributed by atoms with E-state index in [-0.39, 0.29) is 22.7 Å². The molecule has 1 aromatic heterocycles. The van der Waals surface area contributed by atoms with Crippen molar-refractivity contribution in [2.75, 3.05) is 18.5 Å². The van der Waals surface area contributed by atoms with E-state index in [4.69, 9.17) is 9.84 Å².